The van der Waals surface area contributed by atoms with Crippen LogP contribution in [0.1, 0.15) is 12.8 Å². The zero-order valence-corrected chi connectivity index (χ0v) is 14.8. The third kappa shape index (κ3) is 3.58. The lowest BCUT2D eigenvalue weighted by Crippen LogP contribution is -2.40. The number of rotatable bonds is 3. The number of carbonyl (C=O) groups is 2. The molecule has 2 saturated heterocycles. The van der Waals surface area contributed by atoms with E-state index in [0.29, 0.717) is 13.0 Å². The predicted octanol–water partition coefficient (Wildman–Crippen LogP) is 1.11. The molecule has 1 aromatic carbocycles. The molecular weight excluding hydrogens is 384 g/mol. The molecule has 2 atom stereocenters. The number of nitrogens with zero attached hydrogens (tertiary/aromatic N) is 1. The van der Waals surface area contributed by atoms with Gasteiger partial charge in [-0.15, -0.1) is 0 Å². The summed E-state index contributed by atoms with van der Waals surface area (Å²) in [6.45, 7) is 0.312. The van der Waals surface area contributed by atoms with Crippen LogP contribution in [0.5, 0.6) is 0 Å². The maximum atomic E-state index is 12.3. The Morgan fingerprint density at radius 2 is 2.04 bits per heavy atom. The molecule has 2 amide bonds. The number of benzene rings is 1. The fraction of sp³-hybridized carbons (Fsp3) is 0.467. The molecule has 8 heteroatoms. The molecule has 2 aliphatic rings. The Morgan fingerprint density at radius 1 is 1.30 bits per heavy atom. The van der Waals surface area contributed by atoms with Crippen LogP contribution in [-0.2, 0) is 19.4 Å². The molecule has 0 unspecified atom stereocenters. The number of amides is 2. The summed E-state index contributed by atoms with van der Waals surface area (Å²) in [6, 6.07) is 7.04. The minimum absolute atomic E-state index is 0.00659. The molecule has 0 spiro atoms. The van der Waals surface area contributed by atoms with Gasteiger partial charge in [-0.2, -0.15) is 0 Å². The Kier molecular flexibility index (Phi) is 4.46. The monoisotopic (exact) mass is 400 g/mol. The third-order valence-corrected chi connectivity index (χ3v) is 6.66. The normalized spacial score (nSPS) is 26.5. The lowest BCUT2D eigenvalue weighted by Gasteiger charge is -2.19. The molecule has 1 N–H and O–H groups in total. The van der Waals surface area contributed by atoms with Gasteiger partial charge in [0.1, 0.15) is 0 Å². The summed E-state index contributed by atoms with van der Waals surface area (Å²) in [5, 5.41) is 2.77. The highest BCUT2D eigenvalue weighted by Gasteiger charge is 2.37. The van der Waals surface area contributed by atoms with E-state index >= 15 is 0 Å². The van der Waals surface area contributed by atoms with E-state index in [1.807, 2.05) is 24.3 Å². The first-order chi connectivity index (χ1) is 10.9. The molecule has 3 rings (SSSR count). The van der Waals surface area contributed by atoms with Crippen molar-refractivity contribution in [1.29, 1.82) is 0 Å². The molecule has 124 valence electrons. The second-order valence-corrected chi connectivity index (χ2v) is 9.05. The van der Waals surface area contributed by atoms with E-state index in [0.717, 1.165) is 10.2 Å². The highest BCUT2D eigenvalue weighted by atomic mass is 79.9. The van der Waals surface area contributed by atoms with Crippen molar-refractivity contribution in [2.24, 2.45) is 5.92 Å². The van der Waals surface area contributed by atoms with Crippen molar-refractivity contribution in [2.75, 3.05) is 23.0 Å². The van der Waals surface area contributed by atoms with E-state index in [9.17, 15) is 18.0 Å². The number of hydrogen-bond acceptors (Lipinski definition) is 4. The number of carbonyl (C=O) groups excluding carboxylic acids is 2. The van der Waals surface area contributed by atoms with Crippen LogP contribution >= 0.6 is 15.9 Å². The number of para-hydroxylation sites is 1. The van der Waals surface area contributed by atoms with E-state index in [1.165, 1.54) is 0 Å². The average molecular weight is 401 g/mol. The first-order valence-corrected chi connectivity index (χ1v) is 10.0. The van der Waals surface area contributed by atoms with Gasteiger partial charge >= 0.3 is 0 Å². The summed E-state index contributed by atoms with van der Waals surface area (Å²) in [7, 11) is -3.03. The van der Waals surface area contributed by atoms with Crippen molar-refractivity contribution in [3.05, 3.63) is 28.7 Å². The van der Waals surface area contributed by atoms with Crippen molar-refractivity contribution in [2.45, 2.75) is 18.9 Å². The fourth-order valence-electron chi connectivity index (χ4n) is 3.01. The Labute approximate surface area is 143 Å². The second-order valence-electron chi connectivity index (χ2n) is 5.97. The molecule has 2 fully saturated rings. The van der Waals surface area contributed by atoms with E-state index in [4.69, 9.17) is 0 Å². The Bertz CT molecular complexity index is 750. The lowest BCUT2D eigenvalue weighted by molar-refractivity contribution is -0.126. The molecule has 0 radical (unpaired) electrons. The van der Waals surface area contributed by atoms with Gasteiger partial charge in [0, 0.05) is 23.5 Å². The van der Waals surface area contributed by atoms with Gasteiger partial charge in [-0.1, -0.05) is 12.1 Å². The summed E-state index contributed by atoms with van der Waals surface area (Å²) < 4.78 is 23.7. The number of halogens is 1. The zero-order chi connectivity index (χ0) is 16.6. The molecule has 0 saturated carbocycles. The SMILES string of the molecule is O=C(N[C@H]1CCS(=O)(=O)C1)[C@H]1CC(=O)N(c2ccccc2Br)C1. The van der Waals surface area contributed by atoms with Gasteiger partial charge in [0.15, 0.2) is 9.84 Å². The van der Waals surface area contributed by atoms with Gasteiger partial charge in [-0.05, 0) is 34.5 Å². The van der Waals surface area contributed by atoms with Crippen molar-refractivity contribution >= 4 is 43.3 Å². The third-order valence-electron chi connectivity index (χ3n) is 4.22. The summed E-state index contributed by atoms with van der Waals surface area (Å²) in [4.78, 5) is 26.1. The number of sulfone groups is 1. The molecule has 1 aromatic rings. The molecule has 2 heterocycles. The first kappa shape index (κ1) is 16.4. The number of nitrogens with one attached hydrogen (secondary N) is 1. The van der Waals surface area contributed by atoms with Crippen molar-refractivity contribution in [1.82, 2.24) is 5.32 Å². The van der Waals surface area contributed by atoms with Crippen LogP contribution in [0.2, 0.25) is 0 Å². The zero-order valence-electron chi connectivity index (χ0n) is 12.4. The smallest absolute Gasteiger partial charge is 0.227 e. The molecule has 0 bridgehead atoms. The molecule has 2 aliphatic heterocycles. The second kappa shape index (κ2) is 6.24. The Balaban J connectivity index is 1.66. The summed E-state index contributed by atoms with van der Waals surface area (Å²) >= 11 is 3.41. The van der Waals surface area contributed by atoms with Crippen molar-refractivity contribution in [3.8, 4) is 0 Å². The van der Waals surface area contributed by atoms with E-state index in [-0.39, 0.29) is 35.8 Å². The van der Waals surface area contributed by atoms with E-state index in [1.54, 1.807) is 4.90 Å². The van der Waals surface area contributed by atoms with Crippen LogP contribution in [0.4, 0.5) is 5.69 Å². The van der Waals surface area contributed by atoms with Crippen LogP contribution in [0, 0.1) is 5.92 Å². The van der Waals surface area contributed by atoms with Crippen molar-refractivity contribution < 1.29 is 18.0 Å². The summed E-state index contributed by atoms with van der Waals surface area (Å²) in [5.41, 5.74) is 0.747. The minimum atomic E-state index is -3.03. The molecule has 23 heavy (non-hydrogen) atoms. The molecule has 0 aliphatic carbocycles. The molecule has 6 nitrogen and oxygen atoms in total. The first-order valence-electron chi connectivity index (χ1n) is 7.41. The lowest BCUT2D eigenvalue weighted by atomic mass is 10.1. The number of anilines is 1. The molecular formula is C15H17BrN2O4S. The number of hydrogen-bond donors (Lipinski definition) is 1. The largest absolute Gasteiger partial charge is 0.352 e. The topological polar surface area (TPSA) is 83.5 Å². The quantitative estimate of drug-likeness (QED) is 0.823. The summed E-state index contributed by atoms with van der Waals surface area (Å²) in [6.07, 6.45) is 0.593. The van der Waals surface area contributed by atoms with Crippen LogP contribution in [0.15, 0.2) is 28.7 Å². The van der Waals surface area contributed by atoms with Gasteiger partial charge < -0.3 is 10.2 Å². The van der Waals surface area contributed by atoms with E-state index < -0.39 is 15.8 Å². The summed E-state index contributed by atoms with van der Waals surface area (Å²) in [5.74, 6) is -0.679. The van der Waals surface area contributed by atoms with Crippen LogP contribution in [-0.4, -0.2) is 44.3 Å². The standard InChI is InChI=1S/C15H17BrN2O4S/c16-12-3-1-2-4-13(12)18-8-10(7-14(18)19)15(20)17-11-5-6-23(21,22)9-11/h1-4,10-11H,5-9H2,(H,17,20)/t10-,11-/m0/s1. The van der Waals surface area contributed by atoms with E-state index in [2.05, 4.69) is 21.2 Å². The van der Waals surface area contributed by atoms with Crippen LogP contribution in [0.25, 0.3) is 0 Å². The van der Waals surface area contributed by atoms with Gasteiger partial charge in [0.05, 0.1) is 23.1 Å². The van der Waals surface area contributed by atoms with Crippen LogP contribution in [0.3, 0.4) is 0 Å². The fourth-order valence-corrected chi connectivity index (χ4v) is 5.19. The molecule has 0 aromatic heterocycles. The average Bonchev–Trinajstić information content (AvgIpc) is 3.02. The van der Waals surface area contributed by atoms with Gasteiger partial charge in [-0.25, -0.2) is 8.42 Å². The van der Waals surface area contributed by atoms with Gasteiger partial charge in [-0.3, -0.25) is 9.59 Å². The van der Waals surface area contributed by atoms with Crippen molar-refractivity contribution in [3.63, 3.8) is 0 Å². The maximum Gasteiger partial charge on any atom is 0.227 e. The predicted molar refractivity (Wildman–Crippen MR) is 89.8 cm³/mol. The minimum Gasteiger partial charge on any atom is -0.352 e. The highest BCUT2D eigenvalue weighted by Crippen LogP contribution is 2.31. The van der Waals surface area contributed by atoms with Gasteiger partial charge in [0.2, 0.25) is 11.8 Å². The highest BCUT2D eigenvalue weighted by molar-refractivity contribution is 9.10. The van der Waals surface area contributed by atoms with Gasteiger partial charge in [0.25, 0.3) is 0 Å². The Hall–Kier alpha value is -1.41. The Morgan fingerprint density at radius 3 is 2.70 bits per heavy atom. The van der Waals surface area contributed by atoms with Crippen LogP contribution < -0.4 is 10.2 Å². The maximum absolute atomic E-state index is 12.3.